The molecule has 0 amide bonds. The largest absolute Gasteiger partial charge is 0.494 e. The molecule has 0 aromatic heterocycles. The first-order valence-electron chi connectivity index (χ1n) is 11.8. The van der Waals surface area contributed by atoms with Crippen LogP contribution in [0.4, 0.5) is 5.69 Å². The first kappa shape index (κ1) is 25.5. The molecule has 0 spiro atoms. The zero-order valence-corrected chi connectivity index (χ0v) is 21.7. The van der Waals surface area contributed by atoms with E-state index in [2.05, 4.69) is 40.7 Å². The van der Waals surface area contributed by atoms with Crippen molar-refractivity contribution < 1.29 is 13.2 Å². The van der Waals surface area contributed by atoms with Gasteiger partial charge in [-0.1, -0.05) is 41.9 Å². The summed E-state index contributed by atoms with van der Waals surface area (Å²) >= 11 is 6.27. The second-order valence-corrected chi connectivity index (χ2v) is 11.3. The van der Waals surface area contributed by atoms with E-state index in [1.54, 1.807) is 30.3 Å². The third kappa shape index (κ3) is 6.98. The van der Waals surface area contributed by atoms with Crippen molar-refractivity contribution in [2.24, 2.45) is 0 Å². The summed E-state index contributed by atoms with van der Waals surface area (Å²) in [5.41, 5.74) is 3.23. The van der Waals surface area contributed by atoms with Crippen LogP contribution in [0, 0.1) is 0 Å². The van der Waals surface area contributed by atoms with Crippen LogP contribution in [0.15, 0.2) is 77.7 Å². The number of rotatable bonds is 10. The monoisotopic (exact) mass is 513 g/mol. The summed E-state index contributed by atoms with van der Waals surface area (Å²) in [4.78, 5) is 4.62. The van der Waals surface area contributed by atoms with Crippen LogP contribution in [0.5, 0.6) is 5.75 Å². The fourth-order valence-corrected chi connectivity index (χ4v) is 5.76. The molecule has 3 aromatic rings. The molecule has 0 fully saturated rings. The molecule has 8 heteroatoms. The second kappa shape index (κ2) is 11.4. The molecule has 6 nitrogen and oxygen atoms in total. The summed E-state index contributed by atoms with van der Waals surface area (Å²) in [6, 6.07) is 22.1. The van der Waals surface area contributed by atoms with Gasteiger partial charge in [-0.05, 0) is 80.5 Å². The molecule has 35 heavy (non-hydrogen) atoms. The quantitative estimate of drug-likeness (QED) is 0.402. The molecule has 4 rings (SSSR count). The first-order chi connectivity index (χ1) is 16.8. The summed E-state index contributed by atoms with van der Waals surface area (Å²) < 4.78 is 34.7. The smallest absolute Gasteiger partial charge is 0.240 e. The van der Waals surface area contributed by atoms with E-state index >= 15 is 0 Å². The highest BCUT2D eigenvalue weighted by Gasteiger charge is 2.28. The van der Waals surface area contributed by atoms with E-state index < -0.39 is 10.0 Å². The van der Waals surface area contributed by atoms with Crippen molar-refractivity contribution >= 4 is 27.3 Å². The fourth-order valence-electron chi connectivity index (χ4n) is 4.32. The zero-order chi connectivity index (χ0) is 24.8. The van der Waals surface area contributed by atoms with E-state index in [4.69, 9.17) is 16.3 Å². The van der Waals surface area contributed by atoms with Gasteiger partial charge in [-0.25, -0.2) is 13.1 Å². The van der Waals surface area contributed by atoms with Gasteiger partial charge in [0.05, 0.1) is 11.5 Å². The summed E-state index contributed by atoms with van der Waals surface area (Å²) in [5.74, 6) is 0.854. The van der Waals surface area contributed by atoms with Crippen molar-refractivity contribution in [2.45, 2.75) is 30.3 Å². The van der Waals surface area contributed by atoms with Gasteiger partial charge in [0.15, 0.2) is 0 Å². The topological polar surface area (TPSA) is 61.9 Å². The van der Waals surface area contributed by atoms with Gasteiger partial charge in [-0.2, -0.15) is 0 Å². The Balaban J connectivity index is 1.46. The van der Waals surface area contributed by atoms with Gasteiger partial charge in [-0.3, -0.25) is 0 Å². The molecule has 0 radical (unpaired) electrons. The summed E-state index contributed by atoms with van der Waals surface area (Å²) in [6.45, 7) is 2.88. The SMILES string of the molecule is CN(C)CCCOc1ccc(CN2CC(NS(=O)(=O)c3ccccc3)Cc3cc(Cl)ccc32)cc1. The maximum atomic E-state index is 13.0. The van der Waals surface area contributed by atoms with Gasteiger partial charge in [0.25, 0.3) is 0 Å². The van der Waals surface area contributed by atoms with E-state index in [1.165, 1.54) is 0 Å². The fraction of sp³-hybridized carbons (Fsp3) is 0.333. The molecule has 0 bridgehead atoms. The van der Waals surface area contributed by atoms with Crippen molar-refractivity contribution in [1.29, 1.82) is 0 Å². The summed E-state index contributed by atoms with van der Waals surface area (Å²) in [7, 11) is 0.488. The predicted octanol–water partition coefficient (Wildman–Crippen LogP) is 4.58. The molecule has 186 valence electrons. The summed E-state index contributed by atoms with van der Waals surface area (Å²) in [5, 5.41) is 0.644. The third-order valence-corrected chi connectivity index (χ3v) is 7.75. The number of benzene rings is 3. The molecule has 0 saturated heterocycles. The Morgan fingerprint density at radius 2 is 1.80 bits per heavy atom. The Hall–Kier alpha value is -2.58. The van der Waals surface area contributed by atoms with Gasteiger partial charge >= 0.3 is 0 Å². The lowest BCUT2D eigenvalue weighted by Gasteiger charge is -2.36. The van der Waals surface area contributed by atoms with Crippen molar-refractivity contribution in [3.8, 4) is 5.75 Å². The highest BCUT2D eigenvalue weighted by Crippen LogP contribution is 2.31. The van der Waals surface area contributed by atoms with Gasteiger partial charge in [0.1, 0.15) is 5.75 Å². The van der Waals surface area contributed by atoms with Crippen molar-refractivity contribution in [3.05, 3.63) is 88.9 Å². The Bertz CT molecular complexity index is 1220. The van der Waals surface area contributed by atoms with Crippen LogP contribution in [-0.2, 0) is 23.0 Å². The molecule has 1 unspecified atom stereocenters. The van der Waals surface area contributed by atoms with Gasteiger partial charge < -0.3 is 14.5 Å². The van der Waals surface area contributed by atoms with Gasteiger partial charge in [0, 0.05) is 36.4 Å². The van der Waals surface area contributed by atoms with Crippen molar-refractivity contribution in [2.75, 3.05) is 38.7 Å². The van der Waals surface area contributed by atoms with Crippen molar-refractivity contribution in [3.63, 3.8) is 0 Å². The number of hydrogen-bond acceptors (Lipinski definition) is 5. The van der Waals surface area contributed by atoms with Gasteiger partial charge in [0.2, 0.25) is 10.0 Å². The number of nitrogens with one attached hydrogen (secondary N) is 1. The lowest BCUT2D eigenvalue weighted by molar-refractivity contribution is 0.281. The summed E-state index contributed by atoms with van der Waals surface area (Å²) in [6.07, 6.45) is 1.56. The first-order valence-corrected chi connectivity index (χ1v) is 13.6. The van der Waals surface area contributed by atoms with E-state index in [9.17, 15) is 8.42 Å². The number of sulfonamides is 1. The van der Waals surface area contributed by atoms with Crippen molar-refractivity contribution in [1.82, 2.24) is 9.62 Å². The minimum Gasteiger partial charge on any atom is -0.494 e. The average molecular weight is 514 g/mol. The lowest BCUT2D eigenvalue weighted by Crippen LogP contribution is -2.48. The minimum atomic E-state index is -3.62. The Labute approximate surface area is 213 Å². The van der Waals surface area contributed by atoms with Crippen LogP contribution < -0.4 is 14.4 Å². The van der Waals surface area contributed by atoms with Crippen LogP contribution in [-0.4, -0.2) is 53.2 Å². The van der Waals surface area contributed by atoms with Crippen LogP contribution in [0.2, 0.25) is 5.02 Å². The van der Waals surface area contributed by atoms with E-state index in [0.717, 1.165) is 35.5 Å². The normalized spacial score (nSPS) is 15.8. The highest BCUT2D eigenvalue weighted by atomic mass is 35.5. The molecule has 1 aliphatic heterocycles. The third-order valence-electron chi connectivity index (χ3n) is 5.98. The molecule has 0 aliphatic carbocycles. The number of fused-ring (bicyclic) bond motifs is 1. The number of hydrogen-bond donors (Lipinski definition) is 1. The molecule has 0 saturated carbocycles. The lowest BCUT2D eigenvalue weighted by atomic mass is 9.98. The van der Waals surface area contributed by atoms with Gasteiger partial charge in [-0.15, -0.1) is 0 Å². The zero-order valence-electron chi connectivity index (χ0n) is 20.2. The van der Waals surface area contributed by atoms with E-state index in [1.807, 2.05) is 30.3 Å². The Morgan fingerprint density at radius 3 is 2.51 bits per heavy atom. The Morgan fingerprint density at radius 1 is 1.06 bits per heavy atom. The molecule has 1 N–H and O–H groups in total. The number of anilines is 1. The molecular formula is C27H32ClN3O3S. The molecular weight excluding hydrogens is 482 g/mol. The minimum absolute atomic E-state index is 0.268. The van der Waals surface area contributed by atoms with E-state index in [0.29, 0.717) is 31.1 Å². The molecule has 3 aromatic carbocycles. The van der Waals surface area contributed by atoms with Crippen LogP contribution >= 0.6 is 11.6 Å². The van der Waals surface area contributed by atoms with Crippen LogP contribution in [0.1, 0.15) is 17.5 Å². The number of halogens is 1. The second-order valence-electron chi connectivity index (χ2n) is 9.14. The standard InChI is InChI=1S/C27H32ClN3O3S/c1-30(2)15-6-16-34-25-12-9-21(10-13-25)19-31-20-24(18-22-17-23(28)11-14-27(22)31)29-35(32,33)26-7-4-3-5-8-26/h3-5,7-14,17,24,29H,6,15-16,18-20H2,1-2H3. The molecule has 1 aliphatic rings. The number of ether oxygens (including phenoxy) is 1. The molecule has 1 atom stereocenters. The highest BCUT2D eigenvalue weighted by molar-refractivity contribution is 7.89. The number of nitrogens with zero attached hydrogens (tertiary/aromatic N) is 2. The van der Waals surface area contributed by atoms with Crippen LogP contribution in [0.25, 0.3) is 0 Å². The van der Waals surface area contributed by atoms with Crippen LogP contribution in [0.3, 0.4) is 0 Å². The average Bonchev–Trinajstić information content (AvgIpc) is 2.83. The van der Waals surface area contributed by atoms with E-state index in [-0.39, 0.29) is 10.9 Å². The maximum absolute atomic E-state index is 13.0. The Kier molecular flexibility index (Phi) is 8.34. The maximum Gasteiger partial charge on any atom is 0.240 e. The predicted molar refractivity (Wildman–Crippen MR) is 142 cm³/mol. The molecule has 1 heterocycles.